The van der Waals surface area contributed by atoms with Gasteiger partial charge in [-0.25, -0.2) is 19.9 Å². The number of para-hydroxylation sites is 8. The summed E-state index contributed by atoms with van der Waals surface area (Å²) in [6.45, 7) is 0. The first-order valence-electron chi connectivity index (χ1n) is 29.5. The largest absolute Gasteiger partial charge is 0.455 e. The van der Waals surface area contributed by atoms with Gasteiger partial charge in [0.05, 0.1) is 33.8 Å². The van der Waals surface area contributed by atoms with E-state index < -0.39 is 0 Å². The molecule has 0 unspecified atom stereocenters. The molecule has 12 aromatic carbocycles. The van der Waals surface area contributed by atoms with Crippen molar-refractivity contribution in [3.05, 3.63) is 308 Å². The maximum absolute atomic E-state index is 6.42. The Balaban J connectivity index is 0.000000122. The van der Waals surface area contributed by atoms with Crippen LogP contribution in [0.4, 0.5) is 0 Å². The summed E-state index contributed by atoms with van der Waals surface area (Å²) < 4.78 is 16.0. The van der Waals surface area contributed by atoms with Crippen LogP contribution in [0.3, 0.4) is 0 Å². The summed E-state index contributed by atoms with van der Waals surface area (Å²) in [5, 5.41) is 9.45. The lowest BCUT2D eigenvalue weighted by Gasteiger charge is -2.12. The Morgan fingerprint density at radius 2 is 0.674 bits per heavy atom. The minimum absolute atomic E-state index is 0.675. The molecule has 0 amide bonds. The zero-order chi connectivity index (χ0) is 59.2. The molecular formula is C80H51BrN6O2. The van der Waals surface area contributed by atoms with Crippen molar-refractivity contribution in [3.63, 3.8) is 0 Å². The second-order valence-electron chi connectivity index (χ2n) is 21.9. The van der Waals surface area contributed by atoms with Crippen molar-refractivity contribution in [2.24, 2.45) is 0 Å². The number of benzene rings is 12. The lowest BCUT2D eigenvalue weighted by Crippen LogP contribution is -1.98. The van der Waals surface area contributed by atoms with E-state index >= 15 is 0 Å². The predicted octanol–water partition coefficient (Wildman–Crippen LogP) is 21.9. The zero-order valence-electron chi connectivity index (χ0n) is 47.8. The highest BCUT2D eigenvalue weighted by Gasteiger charge is 2.20. The molecule has 0 bridgehead atoms. The van der Waals surface area contributed by atoms with Gasteiger partial charge in [-0.2, -0.15) is 0 Å². The van der Waals surface area contributed by atoms with Crippen molar-refractivity contribution >= 4 is 103 Å². The third-order valence-electron chi connectivity index (χ3n) is 16.4. The van der Waals surface area contributed by atoms with Gasteiger partial charge < -0.3 is 18.4 Å². The molecule has 6 heterocycles. The van der Waals surface area contributed by atoms with Crippen LogP contribution in [-0.4, -0.2) is 29.5 Å². The average molecular weight is 1210 g/mol. The van der Waals surface area contributed by atoms with Gasteiger partial charge in [0, 0.05) is 97.7 Å². The predicted molar refractivity (Wildman–Crippen MR) is 369 cm³/mol. The molecule has 420 valence electrons. The summed E-state index contributed by atoms with van der Waals surface area (Å²) in [5.74, 6) is 1.36. The quantitative estimate of drug-likeness (QED) is 0.171. The minimum atomic E-state index is 0.675. The van der Waals surface area contributed by atoms with E-state index in [1.165, 1.54) is 43.6 Å². The Morgan fingerprint density at radius 3 is 1.18 bits per heavy atom. The summed E-state index contributed by atoms with van der Waals surface area (Å²) in [5.41, 5.74) is 18.5. The molecule has 0 saturated heterocycles. The van der Waals surface area contributed by atoms with Gasteiger partial charge in [-0.15, -0.1) is 0 Å². The number of aromatic nitrogens is 6. The standard InChI is InChI=1S/C40H25N3O.C28H17BrN2O.C12H9N/c1-2-12-26(13-3-1)40-41-34(25-35(42-40)33-20-11-19-32-31-18-6-9-23-38(31)44-39(32)33)27-14-10-15-28(24-27)43-36-21-7-4-16-29(36)30-17-5-8-22-37(30)43;29-20-11-6-10-19(16-20)24-17-25(31-28(30-24)18-8-2-1-3-9-18)23-14-7-13-22-21-12-4-5-15-26(21)32-27(22)23;1-3-7-11-9(5-1)10-6-2-4-8-12(10)13-11/h1-25H;1-17H;1-8,13H. The summed E-state index contributed by atoms with van der Waals surface area (Å²) in [6, 6.07) is 104. The number of hydrogen-bond donors (Lipinski definition) is 1. The molecular weight excluding hydrogens is 1160 g/mol. The summed E-state index contributed by atoms with van der Waals surface area (Å²) in [6.07, 6.45) is 0. The molecule has 0 aliphatic rings. The highest BCUT2D eigenvalue weighted by molar-refractivity contribution is 9.10. The van der Waals surface area contributed by atoms with Crippen LogP contribution in [0.25, 0.3) is 161 Å². The van der Waals surface area contributed by atoms with Gasteiger partial charge in [0.2, 0.25) is 0 Å². The monoisotopic (exact) mass is 1210 g/mol. The Bertz CT molecular complexity index is 5570. The highest BCUT2D eigenvalue weighted by Crippen LogP contribution is 2.40. The van der Waals surface area contributed by atoms with Gasteiger partial charge >= 0.3 is 0 Å². The first-order valence-corrected chi connectivity index (χ1v) is 30.3. The SMILES string of the molecule is Brc1cccc(-c2cc(-c3cccc4c3oc3ccccc34)nc(-c3ccccc3)n2)c1.c1ccc(-c2nc(-c3cccc(-n4c5ccccc5c5ccccc54)c3)cc(-c3cccc4c3oc3ccccc34)n2)cc1.c1ccc2c(c1)[nH]c1ccccc12. The maximum Gasteiger partial charge on any atom is 0.160 e. The van der Waals surface area contributed by atoms with E-state index in [0.29, 0.717) is 11.6 Å². The van der Waals surface area contributed by atoms with Crippen LogP contribution < -0.4 is 0 Å². The first-order chi connectivity index (χ1) is 44.0. The summed E-state index contributed by atoms with van der Waals surface area (Å²) in [4.78, 5) is 23.5. The molecule has 0 aliphatic heterocycles. The van der Waals surface area contributed by atoms with Gasteiger partial charge in [-0.05, 0) is 84.9 Å². The summed E-state index contributed by atoms with van der Waals surface area (Å²) >= 11 is 3.58. The highest BCUT2D eigenvalue weighted by atomic mass is 79.9. The van der Waals surface area contributed by atoms with Crippen molar-refractivity contribution in [3.8, 4) is 73.5 Å². The second kappa shape index (κ2) is 22.7. The Labute approximate surface area is 519 Å². The number of nitrogens with zero attached hydrogens (tertiary/aromatic N) is 5. The van der Waals surface area contributed by atoms with E-state index in [1.54, 1.807) is 0 Å². The van der Waals surface area contributed by atoms with Crippen molar-refractivity contribution in [1.29, 1.82) is 0 Å². The molecule has 89 heavy (non-hydrogen) atoms. The number of halogens is 1. The van der Waals surface area contributed by atoms with Crippen molar-refractivity contribution in [2.75, 3.05) is 0 Å². The van der Waals surface area contributed by atoms with Crippen LogP contribution in [0.15, 0.2) is 317 Å². The van der Waals surface area contributed by atoms with E-state index in [1.807, 2.05) is 103 Å². The number of nitrogens with one attached hydrogen (secondary N) is 1. The third-order valence-corrected chi connectivity index (χ3v) is 16.9. The Kier molecular flexibility index (Phi) is 13.5. The van der Waals surface area contributed by atoms with Crippen LogP contribution in [0.5, 0.6) is 0 Å². The van der Waals surface area contributed by atoms with E-state index in [0.717, 1.165) is 110 Å². The van der Waals surface area contributed by atoms with Crippen LogP contribution in [0.2, 0.25) is 0 Å². The van der Waals surface area contributed by atoms with Crippen molar-refractivity contribution in [1.82, 2.24) is 29.5 Å². The number of furan rings is 2. The minimum Gasteiger partial charge on any atom is -0.455 e. The molecule has 0 aliphatic carbocycles. The normalized spacial score (nSPS) is 11.4. The topological polar surface area (TPSA) is 98.6 Å². The van der Waals surface area contributed by atoms with E-state index in [2.05, 4.69) is 226 Å². The van der Waals surface area contributed by atoms with E-state index in [-0.39, 0.29) is 0 Å². The van der Waals surface area contributed by atoms with Gasteiger partial charge in [0.15, 0.2) is 11.6 Å². The number of hydrogen-bond acceptors (Lipinski definition) is 6. The number of H-pyrrole nitrogens is 1. The summed E-state index contributed by atoms with van der Waals surface area (Å²) in [7, 11) is 0. The molecule has 0 atom stereocenters. The maximum atomic E-state index is 6.42. The van der Waals surface area contributed by atoms with Crippen LogP contribution >= 0.6 is 15.9 Å². The third kappa shape index (κ3) is 9.95. The molecule has 0 saturated carbocycles. The van der Waals surface area contributed by atoms with Crippen LogP contribution in [0.1, 0.15) is 0 Å². The molecule has 18 aromatic rings. The fourth-order valence-electron chi connectivity index (χ4n) is 12.2. The lowest BCUT2D eigenvalue weighted by molar-refractivity contribution is 0.669. The molecule has 0 radical (unpaired) electrons. The van der Waals surface area contributed by atoms with Gasteiger partial charge in [0.1, 0.15) is 22.3 Å². The first kappa shape index (κ1) is 53.0. The molecule has 6 aromatic heterocycles. The van der Waals surface area contributed by atoms with Gasteiger partial charge in [0.25, 0.3) is 0 Å². The second-order valence-corrected chi connectivity index (χ2v) is 22.8. The molecule has 0 fully saturated rings. The number of aromatic amines is 1. The van der Waals surface area contributed by atoms with Crippen LogP contribution in [0, 0.1) is 0 Å². The van der Waals surface area contributed by atoms with Crippen LogP contribution in [-0.2, 0) is 0 Å². The number of fused-ring (bicyclic) bond motifs is 12. The molecule has 9 heteroatoms. The van der Waals surface area contributed by atoms with Gasteiger partial charge in [-0.3, -0.25) is 0 Å². The molecule has 0 spiro atoms. The lowest BCUT2D eigenvalue weighted by atomic mass is 10.0. The molecule has 18 rings (SSSR count). The fraction of sp³-hybridized carbons (Fsp3) is 0. The van der Waals surface area contributed by atoms with Crippen molar-refractivity contribution < 1.29 is 8.83 Å². The van der Waals surface area contributed by atoms with Crippen molar-refractivity contribution in [2.45, 2.75) is 0 Å². The van der Waals surface area contributed by atoms with Gasteiger partial charge in [-0.1, -0.05) is 234 Å². The Morgan fingerprint density at radius 1 is 0.292 bits per heavy atom. The van der Waals surface area contributed by atoms with E-state index in [9.17, 15) is 0 Å². The number of rotatable bonds is 7. The van der Waals surface area contributed by atoms with E-state index in [4.69, 9.17) is 28.8 Å². The fourth-order valence-corrected chi connectivity index (χ4v) is 12.6. The Hall–Kier alpha value is -11.5. The molecule has 1 N–H and O–H groups in total. The molecule has 8 nitrogen and oxygen atoms in total. The zero-order valence-corrected chi connectivity index (χ0v) is 49.4. The smallest absolute Gasteiger partial charge is 0.160 e. The average Bonchev–Trinajstić information content (AvgIpc) is 2.26.